The van der Waals surface area contributed by atoms with Gasteiger partial charge in [0.1, 0.15) is 0 Å². The third-order valence-electron chi connectivity index (χ3n) is 18.9. The molecule has 0 N–H and O–H groups in total. The van der Waals surface area contributed by atoms with E-state index >= 15 is 0 Å². The van der Waals surface area contributed by atoms with Crippen LogP contribution >= 0.6 is 0 Å². The fourth-order valence-electron chi connectivity index (χ4n) is 13.5. The lowest BCUT2D eigenvalue weighted by atomic mass is 9.74. The van der Waals surface area contributed by atoms with Gasteiger partial charge in [-0.1, -0.05) is 214 Å². The van der Waals surface area contributed by atoms with E-state index in [9.17, 15) is 0 Å². The van der Waals surface area contributed by atoms with Crippen LogP contribution < -0.4 is 5.46 Å². The van der Waals surface area contributed by atoms with Gasteiger partial charge in [0.2, 0.25) is 0 Å². The van der Waals surface area contributed by atoms with Crippen LogP contribution in [-0.4, -0.2) is 18.3 Å². The van der Waals surface area contributed by atoms with Crippen LogP contribution in [0.2, 0.25) is 0 Å². The molecule has 0 amide bonds. The maximum atomic E-state index is 6.92. The number of rotatable bonds is 3. The van der Waals surface area contributed by atoms with E-state index in [2.05, 4.69) is 254 Å². The lowest BCUT2D eigenvalue weighted by Gasteiger charge is -2.32. The molecular weight excluding hydrogens is 908 g/mol. The molecule has 8 aromatic rings. The monoisotopic (exact) mass is 987 g/mol. The Hall–Kier alpha value is -5.74. The minimum absolute atomic E-state index is 0.0185. The molecule has 4 aliphatic rings. The highest BCUT2D eigenvalue weighted by molar-refractivity contribution is 6.65. The van der Waals surface area contributed by atoms with Crippen molar-refractivity contribution in [2.45, 2.75) is 182 Å². The predicted molar refractivity (Wildman–Crippen MR) is 322 cm³/mol. The minimum atomic E-state index is -0.507. The van der Waals surface area contributed by atoms with Gasteiger partial charge >= 0.3 is 7.12 Å². The minimum Gasteiger partial charge on any atom is -0.399 e. The maximum absolute atomic E-state index is 6.92. The molecule has 0 spiro atoms. The molecule has 0 saturated carbocycles. The molecule has 0 unspecified atom stereocenters. The molecule has 0 aromatic heterocycles. The molecule has 0 bridgehead atoms. The summed E-state index contributed by atoms with van der Waals surface area (Å²) in [6, 6.07) is 46.3. The van der Waals surface area contributed by atoms with Gasteiger partial charge in [0.05, 0.1) is 11.2 Å². The molecule has 0 radical (unpaired) electrons. The number of hydrogen-bond donors (Lipinski definition) is 0. The highest BCUT2D eigenvalue weighted by atomic mass is 16.7. The SMILES string of the molecule is CC(C)(C)c1ccc2c(c1)C(C)(C)c1cc(C(C)(C)C)cc(-c3c4c(c(-c5cc(C(C)(C)C)cc6c5-c5ccc(C(C)(C)C)cc5C6(C)C)c5ccccc35)-c3ccc(B5OC(C)(C)C(C)(C)O5)c5cccc-4c35)c1-2. The summed E-state index contributed by atoms with van der Waals surface area (Å²) in [5.74, 6) is 0. The Bertz CT molecular complexity index is 3590. The summed E-state index contributed by atoms with van der Waals surface area (Å²) in [6.45, 7) is 46.9. The topological polar surface area (TPSA) is 18.5 Å². The zero-order chi connectivity index (χ0) is 53.9. The van der Waals surface area contributed by atoms with E-state index in [1.54, 1.807) is 0 Å². The average Bonchev–Trinajstić information content (AvgIpc) is 4.01. The average molecular weight is 987 g/mol. The van der Waals surface area contributed by atoms with E-state index in [1.807, 2.05) is 0 Å². The largest absolute Gasteiger partial charge is 0.495 e. The van der Waals surface area contributed by atoms with E-state index < -0.39 is 18.3 Å². The van der Waals surface area contributed by atoms with Gasteiger partial charge in [0, 0.05) is 10.8 Å². The van der Waals surface area contributed by atoms with Crippen molar-refractivity contribution in [3.05, 3.63) is 160 Å². The second-order valence-corrected chi connectivity index (χ2v) is 29.2. The third kappa shape index (κ3) is 7.11. The molecule has 3 heteroatoms. The van der Waals surface area contributed by atoms with Crippen LogP contribution in [0, 0.1) is 0 Å². The van der Waals surface area contributed by atoms with E-state index in [1.165, 1.54) is 133 Å². The zero-order valence-corrected chi connectivity index (χ0v) is 48.9. The highest BCUT2D eigenvalue weighted by Gasteiger charge is 2.53. The van der Waals surface area contributed by atoms with Gasteiger partial charge in [0.25, 0.3) is 0 Å². The lowest BCUT2D eigenvalue weighted by molar-refractivity contribution is 0.00578. The second-order valence-electron chi connectivity index (χ2n) is 29.2. The summed E-state index contributed by atoms with van der Waals surface area (Å²) < 4.78 is 13.8. The first kappa shape index (κ1) is 50.1. The molecule has 8 aromatic carbocycles. The van der Waals surface area contributed by atoms with Crippen LogP contribution in [0.3, 0.4) is 0 Å². The fourth-order valence-corrected chi connectivity index (χ4v) is 13.5. The summed E-state index contributed by atoms with van der Waals surface area (Å²) >= 11 is 0. The van der Waals surface area contributed by atoms with Crippen molar-refractivity contribution in [2.24, 2.45) is 0 Å². The van der Waals surface area contributed by atoms with Crippen LogP contribution in [0.4, 0.5) is 0 Å². The standard InChI is InChI=1S/C72H79BO2/c1-65(2,3)40-28-30-46-53(36-40)69(13,14)55-38-42(67(7,8)9)34-51(59(46)55)61-44-24-21-22-25-45(44)62(52-35-43(68(10,11)12)39-56-60(52)47-31-29-41(66(4,5)6)37-54(47)70(56,15)16)64-50-32-33-57(73-74-71(17,18)72(19,20)75-73)48-26-23-27-49(58(48)50)63(61)64/h21-39H,1-20H3. The third-order valence-corrected chi connectivity index (χ3v) is 18.9. The van der Waals surface area contributed by atoms with Crippen LogP contribution in [0.25, 0.3) is 88.3 Å². The molecular formula is C72H79BO2. The summed E-state index contributed by atoms with van der Waals surface area (Å²) in [5, 5.41) is 5.02. The highest BCUT2D eigenvalue weighted by Crippen LogP contribution is 2.64. The Kier molecular flexibility index (Phi) is 10.3. The van der Waals surface area contributed by atoms with E-state index in [0.29, 0.717) is 0 Å². The first-order valence-corrected chi connectivity index (χ1v) is 27.9. The fraction of sp³-hybridized carbons (Fsp3) is 0.389. The van der Waals surface area contributed by atoms with Crippen LogP contribution in [0.1, 0.15) is 183 Å². The predicted octanol–water partition coefficient (Wildman–Crippen LogP) is 19.1. The van der Waals surface area contributed by atoms with Crippen molar-refractivity contribution in [1.82, 2.24) is 0 Å². The van der Waals surface area contributed by atoms with Crippen molar-refractivity contribution in [2.75, 3.05) is 0 Å². The maximum Gasteiger partial charge on any atom is 0.495 e. The van der Waals surface area contributed by atoms with Gasteiger partial charge in [-0.05, 0) is 200 Å². The van der Waals surface area contributed by atoms with Gasteiger partial charge < -0.3 is 9.31 Å². The Morgan fingerprint density at radius 3 is 1.11 bits per heavy atom. The van der Waals surface area contributed by atoms with Gasteiger partial charge in [-0.2, -0.15) is 0 Å². The Morgan fingerprint density at radius 2 is 0.693 bits per heavy atom. The number of fused-ring (bicyclic) bond motifs is 10. The van der Waals surface area contributed by atoms with Crippen LogP contribution in [0.5, 0.6) is 0 Å². The Labute approximate surface area is 449 Å². The molecule has 1 aliphatic heterocycles. The van der Waals surface area contributed by atoms with Crippen molar-refractivity contribution in [1.29, 1.82) is 0 Å². The normalized spacial score (nSPS) is 17.6. The molecule has 75 heavy (non-hydrogen) atoms. The summed E-state index contributed by atoms with van der Waals surface area (Å²) in [4.78, 5) is 0. The van der Waals surface area contributed by atoms with E-state index in [0.717, 1.165) is 5.46 Å². The van der Waals surface area contributed by atoms with Crippen LogP contribution in [-0.2, 0) is 41.8 Å². The van der Waals surface area contributed by atoms with Gasteiger partial charge in [-0.25, -0.2) is 0 Å². The summed E-state index contributed by atoms with van der Waals surface area (Å²) in [5.41, 5.74) is 26.5. The van der Waals surface area contributed by atoms with Gasteiger partial charge in [-0.3, -0.25) is 0 Å². The zero-order valence-electron chi connectivity index (χ0n) is 48.9. The van der Waals surface area contributed by atoms with Crippen molar-refractivity contribution in [3.63, 3.8) is 0 Å². The van der Waals surface area contributed by atoms with Gasteiger partial charge in [0.15, 0.2) is 0 Å². The van der Waals surface area contributed by atoms with Crippen molar-refractivity contribution >= 4 is 34.1 Å². The van der Waals surface area contributed by atoms with E-state index in [-0.39, 0.29) is 32.5 Å². The molecule has 12 rings (SSSR count). The Balaban J connectivity index is 1.28. The van der Waals surface area contributed by atoms with Crippen molar-refractivity contribution < 1.29 is 9.31 Å². The first-order chi connectivity index (χ1) is 34.7. The molecule has 2 nitrogen and oxygen atoms in total. The second kappa shape index (κ2) is 15.5. The quantitative estimate of drug-likeness (QED) is 0.164. The van der Waals surface area contributed by atoms with Gasteiger partial charge in [-0.15, -0.1) is 0 Å². The van der Waals surface area contributed by atoms with Crippen LogP contribution in [0.15, 0.2) is 115 Å². The molecule has 0 atom stereocenters. The summed E-state index contributed by atoms with van der Waals surface area (Å²) in [6.07, 6.45) is 0. The molecule has 1 fully saturated rings. The number of hydrogen-bond acceptors (Lipinski definition) is 2. The smallest absolute Gasteiger partial charge is 0.399 e. The first-order valence-electron chi connectivity index (χ1n) is 27.9. The molecule has 1 saturated heterocycles. The molecule has 382 valence electrons. The number of benzene rings is 8. The molecule has 3 aliphatic carbocycles. The lowest BCUT2D eigenvalue weighted by Crippen LogP contribution is -2.41. The van der Waals surface area contributed by atoms with E-state index in [4.69, 9.17) is 9.31 Å². The summed E-state index contributed by atoms with van der Waals surface area (Å²) in [7, 11) is -0.507. The van der Waals surface area contributed by atoms with Crippen molar-refractivity contribution in [3.8, 4) is 66.8 Å². The molecule has 1 heterocycles. The Morgan fingerprint density at radius 1 is 0.320 bits per heavy atom.